The van der Waals surface area contributed by atoms with Gasteiger partial charge in [-0.1, -0.05) is 12.1 Å². The second-order valence-electron chi connectivity index (χ2n) is 6.94. The second kappa shape index (κ2) is 8.66. The van der Waals surface area contributed by atoms with E-state index >= 15 is 0 Å². The topological polar surface area (TPSA) is 59.8 Å². The third kappa shape index (κ3) is 4.48. The molecule has 0 N–H and O–H groups in total. The van der Waals surface area contributed by atoms with Gasteiger partial charge in [0, 0.05) is 31.9 Å². The normalized spacial score (nSPS) is 20.0. The van der Waals surface area contributed by atoms with Crippen molar-refractivity contribution < 1.29 is 23.0 Å². The van der Waals surface area contributed by atoms with Crippen LogP contribution in [0.3, 0.4) is 0 Å². The van der Waals surface area contributed by atoms with Gasteiger partial charge in [0.2, 0.25) is 0 Å². The Bertz CT molecular complexity index is 812. The fourth-order valence-corrected chi connectivity index (χ4v) is 3.46. The first kappa shape index (κ1) is 20.2. The number of hydrogen-bond acceptors (Lipinski definition) is 5. The van der Waals surface area contributed by atoms with Gasteiger partial charge < -0.3 is 19.3 Å². The van der Waals surface area contributed by atoms with E-state index < -0.39 is 12.7 Å². The maximum Gasteiger partial charge on any atom is 0.387 e. The number of aromatic nitrogens is 2. The highest BCUT2D eigenvalue weighted by Crippen LogP contribution is 2.33. The van der Waals surface area contributed by atoms with Crippen molar-refractivity contribution in [1.82, 2.24) is 19.6 Å². The van der Waals surface area contributed by atoms with Crippen molar-refractivity contribution in [2.75, 3.05) is 33.8 Å². The minimum Gasteiger partial charge on any atom is -0.434 e. The lowest BCUT2D eigenvalue weighted by molar-refractivity contribution is -0.0693. The molecular formula is C19H24F2N4O3. The molecule has 0 bridgehead atoms. The SMILES string of the molecule is CN(C)C[C@@H]1OCCN(C(=O)c2ccccc2OC(F)F)[C@H]1c1cnn(C)c1. The number of carbonyl (C=O) groups excluding carboxylic acids is 1. The largest absolute Gasteiger partial charge is 0.434 e. The van der Waals surface area contributed by atoms with Crippen LogP contribution < -0.4 is 4.74 Å². The number of para-hydroxylation sites is 1. The summed E-state index contributed by atoms with van der Waals surface area (Å²) in [6.45, 7) is -1.71. The lowest BCUT2D eigenvalue weighted by Crippen LogP contribution is -2.51. The van der Waals surface area contributed by atoms with Crippen molar-refractivity contribution in [3.05, 3.63) is 47.8 Å². The zero-order valence-electron chi connectivity index (χ0n) is 16.1. The van der Waals surface area contributed by atoms with Crippen LogP contribution in [0, 0.1) is 0 Å². The van der Waals surface area contributed by atoms with Crippen LogP contribution in [0.2, 0.25) is 0 Å². The zero-order chi connectivity index (χ0) is 20.3. The number of carbonyl (C=O) groups is 1. The molecule has 0 saturated carbocycles. The molecule has 1 saturated heterocycles. The third-order valence-corrected chi connectivity index (χ3v) is 4.56. The van der Waals surface area contributed by atoms with Gasteiger partial charge in [0.1, 0.15) is 5.75 Å². The number of aryl methyl sites for hydroxylation is 1. The summed E-state index contributed by atoms with van der Waals surface area (Å²) < 4.78 is 37.7. The van der Waals surface area contributed by atoms with Crippen molar-refractivity contribution in [1.29, 1.82) is 0 Å². The van der Waals surface area contributed by atoms with Gasteiger partial charge in [0.05, 0.1) is 30.5 Å². The molecule has 28 heavy (non-hydrogen) atoms. The van der Waals surface area contributed by atoms with Gasteiger partial charge in [-0.2, -0.15) is 13.9 Å². The summed E-state index contributed by atoms with van der Waals surface area (Å²) in [5.74, 6) is -0.514. The van der Waals surface area contributed by atoms with Gasteiger partial charge >= 0.3 is 6.61 Å². The van der Waals surface area contributed by atoms with Gasteiger partial charge in [-0.05, 0) is 26.2 Å². The van der Waals surface area contributed by atoms with Crippen LogP contribution in [0.4, 0.5) is 8.78 Å². The van der Waals surface area contributed by atoms with Gasteiger partial charge in [-0.3, -0.25) is 9.48 Å². The standard InChI is InChI=1S/C19H24F2N4O3/c1-23(2)12-16-17(13-10-22-24(3)11-13)25(8-9-27-16)18(26)14-6-4-5-7-15(14)28-19(20)21/h4-7,10-11,16-17,19H,8-9,12H2,1-3H3/t16-,17-/m0/s1. The number of halogens is 2. The van der Waals surface area contributed by atoms with Crippen LogP contribution in [-0.2, 0) is 11.8 Å². The first-order chi connectivity index (χ1) is 13.4. The number of nitrogens with zero attached hydrogens (tertiary/aromatic N) is 4. The van der Waals surface area contributed by atoms with E-state index in [0.717, 1.165) is 5.56 Å². The van der Waals surface area contributed by atoms with E-state index in [1.54, 1.807) is 35.0 Å². The highest BCUT2D eigenvalue weighted by molar-refractivity contribution is 5.97. The van der Waals surface area contributed by atoms with Crippen molar-refractivity contribution >= 4 is 5.91 Å². The van der Waals surface area contributed by atoms with Gasteiger partial charge in [0.15, 0.2) is 0 Å². The quantitative estimate of drug-likeness (QED) is 0.752. The number of rotatable bonds is 6. The molecule has 2 heterocycles. The van der Waals surface area contributed by atoms with E-state index in [0.29, 0.717) is 19.7 Å². The van der Waals surface area contributed by atoms with Crippen LogP contribution in [0.1, 0.15) is 22.0 Å². The summed E-state index contributed by atoms with van der Waals surface area (Å²) in [4.78, 5) is 17.0. The Morgan fingerprint density at radius 1 is 1.39 bits per heavy atom. The Morgan fingerprint density at radius 2 is 2.14 bits per heavy atom. The Labute approximate surface area is 162 Å². The molecule has 0 radical (unpaired) electrons. The number of alkyl halides is 2. The molecule has 1 aromatic heterocycles. The van der Waals surface area contributed by atoms with Gasteiger partial charge in [-0.25, -0.2) is 0 Å². The maximum atomic E-state index is 13.3. The summed E-state index contributed by atoms with van der Waals surface area (Å²) in [5, 5.41) is 4.21. The van der Waals surface area contributed by atoms with E-state index in [9.17, 15) is 13.6 Å². The predicted molar refractivity (Wildman–Crippen MR) is 98.4 cm³/mol. The summed E-state index contributed by atoms with van der Waals surface area (Å²) in [6, 6.07) is 5.66. The van der Waals surface area contributed by atoms with E-state index in [4.69, 9.17) is 4.74 Å². The monoisotopic (exact) mass is 394 g/mol. The molecule has 2 atom stereocenters. The molecule has 1 aliphatic rings. The summed E-state index contributed by atoms with van der Waals surface area (Å²) in [6.07, 6.45) is 3.26. The van der Waals surface area contributed by atoms with Crippen LogP contribution in [0.25, 0.3) is 0 Å². The number of ether oxygens (including phenoxy) is 2. The molecule has 1 fully saturated rings. The number of benzene rings is 1. The Balaban J connectivity index is 1.97. The van der Waals surface area contributed by atoms with E-state index in [1.165, 1.54) is 12.1 Å². The Morgan fingerprint density at radius 3 is 2.79 bits per heavy atom. The molecule has 0 aliphatic carbocycles. The highest BCUT2D eigenvalue weighted by atomic mass is 19.3. The van der Waals surface area contributed by atoms with Crippen molar-refractivity contribution in [3.63, 3.8) is 0 Å². The molecule has 1 aromatic carbocycles. The maximum absolute atomic E-state index is 13.3. The number of amides is 1. The molecule has 1 aliphatic heterocycles. The minimum absolute atomic E-state index is 0.0993. The zero-order valence-corrected chi connectivity index (χ0v) is 16.1. The van der Waals surface area contributed by atoms with E-state index in [-0.39, 0.29) is 23.3 Å². The van der Waals surface area contributed by atoms with E-state index in [1.807, 2.05) is 25.2 Å². The molecule has 2 aromatic rings. The molecule has 7 nitrogen and oxygen atoms in total. The lowest BCUT2D eigenvalue weighted by Gasteiger charge is -2.42. The summed E-state index contributed by atoms with van der Waals surface area (Å²) in [7, 11) is 5.65. The number of likely N-dealkylation sites (N-methyl/N-ethyl adjacent to an activating group) is 1. The van der Waals surface area contributed by atoms with Crippen molar-refractivity contribution in [2.45, 2.75) is 18.8 Å². The smallest absolute Gasteiger partial charge is 0.387 e. The molecule has 0 spiro atoms. The molecule has 1 amide bonds. The average molecular weight is 394 g/mol. The average Bonchev–Trinajstić information content (AvgIpc) is 3.06. The number of morpholine rings is 1. The molecule has 3 rings (SSSR count). The molecule has 152 valence electrons. The van der Waals surface area contributed by atoms with Crippen LogP contribution in [0.5, 0.6) is 5.75 Å². The summed E-state index contributed by atoms with van der Waals surface area (Å²) in [5.41, 5.74) is 0.928. The minimum atomic E-state index is -3.01. The van der Waals surface area contributed by atoms with Crippen molar-refractivity contribution in [2.24, 2.45) is 7.05 Å². The lowest BCUT2D eigenvalue weighted by atomic mass is 9.99. The molecule has 9 heteroatoms. The molecule has 0 unspecified atom stereocenters. The fraction of sp³-hybridized carbons (Fsp3) is 0.474. The van der Waals surface area contributed by atoms with Crippen molar-refractivity contribution in [3.8, 4) is 5.75 Å². The Kier molecular flexibility index (Phi) is 6.25. The highest BCUT2D eigenvalue weighted by Gasteiger charge is 2.38. The van der Waals surface area contributed by atoms with Crippen LogP contribution >= 0.6 is 0 Å². The van der Waals surface area contributed by atoms with E-state index in [2.05, 4.69) is 9.84 Å². The second-order valence-corrected chi connectivity index (χ2v) is 6.94. The fourth-order valence-electron chi connectivity index (χ4n) is 3.46. The Hall–Kier alpha value is -2.52. The molecular weight excluding hydrogens is 370 g/mol. The van der Waals surface area contributed by atoms with Crippen LogP contribution in [-0.4, -0.2) is 72.0 Å². The number of hydrogen-bond donors (Lipinski definition) is 0. The first-order valence-electron chi connectivity index (χ1n) is 8.96. The summed E-state index contributed by atoms with van der Waals surface area (Å²) >= 11 is 0. The van der Waals surface area contributed by atoms with Crippen LogP contribution in [0.15, 0.2) is 36.7 Å². The van der Waals surface area contributed by atoms with Gasteiger partial charge in [-0.15, -0.1) is 0 Å². The third-order valence-electron chi connectivity index (χ3n) is 4.56. The first-order valence-corrected chi connectivity index (χ1v) is 8.96. The predicted octanol–water partition coefficient (Wildman–Crippen LogP) is 2.17. The van der Waals surface area contributed by atoms with Gasteiger partial charge in [0.25, 0.3) is 5.91 Å².